The number of amides is 1. The van der Waals surface area contributed by atoms with E-state index in [4.69, 9.17) is 0 Å². The SMILES string of the molecule is CCNC(=O)CCn1ccc2c(Nc3ccc(OC(F)(F)F)cc3)ncnc21. The van der Waals surface area contributed by atoms with Gasteiger partial charge in [0.25, 0.3) is 0 Å². The van der Waals surface area contributed by atoms with Crippen LogP contribution in [0.2, 0.25) is 0 Å². The molecule has 0 saturated carbocycles. The van der Waals surface area contributed by atoms with Crippen LogP contribution in [0.25, 0.3) is 11.0 Å². The number of fused-ring (bicyclic) bond motifs is 1. The van der Waals surface area contributed by atoms with E-state index in [-0.39, 0.29) is 11.7 Å². The number of nitrogens with zero attached hydrogens (tertiary/aromatic N) is 3. The van der Waals surface area contributed by atoms with Gasteiger partial charge in [-0.15, -0.1) is 13.2 Å². The van der Waals surface area contributed by atoms with Crippen molar-refractivity contribution in [3.63, 3.8) is 0 Å². The van der Waals surface area contributed by atoms with Crippen LogP contribution in [0.4, 0.5) is 24.7 Å². The first-order chi connectivity index (χ1) is 13.4. The molecule has 2 aromatic heterocycles. The number of alkyl halides is 3. The van der Waals surface area contributed by atoms with Crippen LogP contribution in [0.1, 0.15) is 13.3 Å². The van der Waals surface area contributed by atoms with Crippen LogP contribution in [0, 0.1) is 0 Å². The Morgan fingerprint density at radius 3 is 2.61 bits per heavy atom. The van der Waals surface area contributed by atoms with Crippen molar-refractivity contribution >= 4 is 28.4 Å². The second kappa shape index (κ2) is 8.15. The average molecular weight is 393 g/mol. The molecular formula is C18H18F3N5O2. The first-order valence-corrected chi connectivity index (χ1v) is 8.55. The third-order valence-electron chi connectivity index (χ3n) is 3.86. The van der Waals surface area contributed by atoms with E-state index in [1.54, 1.807) is 0 Å². The van der Waals surface area contributed by atoms with Gasteiger partial charge >= 0.3 is 6.36 Å². The van der Waals surface area contributed by atoms with Crippen molar-refractivity contribution in [2.75, 3.05) is 11.9 Å². The van der Waals surface area contributed by atoms with Gasteiger partial charge in [0.15, 0.2) is 0 Å². The first-order valence-electron chi connectivity index (χ1n) is 8.55. The van der Waals surface area contributed by atoms with Gasteiger partial charge < -0.3 is 19.9 Å². The molecule has 0 bridgehead atoms. The van der Waals surface area contributed by atoms with Crippen LogP contribution >= 0.6 is 0 Å². The van der Waals surface area contributed by atoms with E-state index in [1.165, 1.54) is 30.6 Å². The fraction of sp³-hybridized carbons (Fsp3) is 0.278. The van der Waals surface area contributed by atoms with Crippen molar-refractivity contribution < 1.29 is 22.7 Å². The molecular weight excluding hydrogens is 375 g/mol. The highest BCUT2D eigenvalue weighted by atomic mass is 19.4. The average Bonchev–Trinajstić information content (AvgIpc) is 3.05. The lowest BCUT2D eigenvalue weighted by Gasteiger charge is -2.11. The van der Waals surface area contributed by atoms with E-state index in [0.717, 1.165) is 5.39 Å². The van der Waals surface area contributed by atoms with Gasteiger partial charge in [-0.25, -0.2) is 9.97 Å². The Balaban J connectivity index is 1.74. The number of halogens is 3. The zero-order valence-electron chi connectivity index (χ0n) is 15.0. The number of carbonyl (C=O) groups excluding carboxylic acids is 1. The second-order valence-corrected chi connectivity index (χ2v) is 5.87. The Morgan fingerprint density at radius 1 is 1.18 bits per heavy atom. The fourth-order valence-corrected chi connectivity index (χ4v) is 2.67. The van der Waals surface area contributed by atoms with Crippen LogP contribution in [0.15, 0.2) is 42.9 Å². The van der Waals surface area contributed by atoms with Crippen molar-refractivity contribution in [2.24, 2.45) is 0 Å². The van der Waals surface area contributed by atoms with Gasteiger partial charge in [-0.2, -0.15) is 0 Å². The number of hydrogen-bond acceptors (Lipinski definition) is 5. The summed E-state index contributed by atoms with van der Waals surface area (Å²) >= 11 is 0. The number of nitrogens with one attached hydrogen (secondary N) is 2. The van der Waals surface area contributed by atoms with Gasteiger partial charge in [-0.3, -0.25) is 4.79 Å². The van der Waals surface area contributed by atoms with Crippen molar-refractivity contribution in [1.29, 1.82) is 0 Å². The molecule has 1 amide bonds. The fourth-order valence-electron chi connectivity index (χ4n) is 2.67. The number of benzene rings is 1. The maximum Gasteiger partial charge on any atom is 0.573 e. The topological polar surface area (TPSA) is 81.1 Å². The molecule has 7 nitrogen and oxygen atoms in total. The Hall–Kier alpha value is -3.30. The van der Waals surface area contributed by atoms with Gasteiger partial charge in [0.05, 0.1) is 5.39 Å². The molecule has 0 saturated heterocycles. The van der Waals surface area contributed by atoms with Crippen molar-refractivity contribution in [3.8, 4) is 5.75 Å². The predicted molar refractivity (Wildman–Crippen MR) is 97.2 cm³/mol. The number of carbonyl (C=O) groups is 1. The Kier molecular flexibility index (Phi) is 5.67. The number of hydrogen-bond donors (Lipinski definition) is 2. The normalized spacial score (nSPS) is 11.4. The molecule has 28 heavy (non-hydrogen) atoms. The number of ether oxygens (including phenoxy) is 1. The minimum absolute atomic E-state index is 0.0436. The highest BCUT2D eigenvalue weighted by Gasteiger charge is 2.30. The summed E-state index contributed by atoms with van der Waals surface area (Å²) in [5.74, 6) is 0.159. The van der Waals surface area contributed by atoms with E-state index in [9.17, 15) is 18.0 Å². The molecule has 0 atom stereocenters. The molecule has 0 aliphatic heterocycles. The lowest BCUT2D eigenvalue weighted by atomic mass is 10.3. The van der Waals surface area contributed by atoms with E-state index < -0.39 is 6.36 Å². The quantitative estimate of drug-likeness (QED) is 0.641. The number of aryl methyl sites for hydroxylation is 1. The van der Waals surface area contributed by atoms with Crippen molar-refractivity contribution in [2.45, 2.75) is 26.3 Å². The molecule has 0 fully saturated rings. The molecule has 2 N–H and O–H groups in total. The van der Waals surface area contributed by atoms with Crippen LogP contribution in [0.3, 0.4) is 0 Å². The van der Waals surface area contributed by atoms with Gasteiger partial charge in [0.1, 0.15) is 23.5 Å². The molecule has 10 heteroatoms. The van der Waals surface area contributed by atoms with Crippen LogP contribution in [0.5, 0.6) is 5.75 Å². The highest BCUT2D eigenvalue weighted by Crippen LogP contribution is 2.27. The molecule has 2 heterocycles. The van der Waals surface area contributed by atoms with Crippen LogP contribution < -0.4 is 15.4 Å². The molecule has 0 aliphatic carbocycles. The highest BCUT2D eigenvalue weighted by molar-refractivity contribution is 5.89. The third kappa shape index (κ3) is 4.90. The summed E-state index contributed by atoms with van der Waals surface area (Å²) < 4.78 is 42.4. The molecule has 3 rings (SSSR count). The largest absolute Gasteiger partial charge is 0.573 e. The summed E-state index contributed by atoms with van der Waals surface area (Å²) in [5, 5.41) is 6.53. The maximum atomic E-state index is 12.2. The summed E-state index contributed by atoms with van der Waals surface area (Å²) in [6, 6.07) is 7.16. The number of rotatable bonds is 7. The van der Waals surface area contributed by atoms with E-state index >= 15 is 0 Å². The van der Waals surface area contributed by atoms with Gasteiger partial charge in [0.2, 0.25) is 5.91 Å². The number of anilines is 2. The molecule has 1 aromatic carbocycles. The molecule has 0 aliphatic rings. The second-order valence-electron chi connectivity index (χ2n) is 5.87. The summed E-state index contributed by atoms with van der Waals surface area (Å²) in [6.45, 7) is 2.90. The summed E-state index contributed by atoms with van der Waals surface area (Å²) in [4.78, 5) is 20.1. The summed E-state index contributed by atoms with van der Waals surface area (Å²) in [6.07, 6.45) is -1.21. The summed E-state index contributed by atoms with van der Waals surface area (Å²) in [5.41, 5.74) is 1.20. The molecule has 0 spiro atoms. The lowest BCUT2D eigenvalue weighted by molar-refractivity contribution is -0.274. The van der Waals surface area contributed by atoms with Gasteiger partial charge in [-0.1, -0.05) is 0 Å². The lowest BCUT2D eigenvalue weighted by Crippen LogP contribution is -2.23. The minimum Gasteiger partial charge on any atom is -0.406 e. The van der Waals surface area contributed by atoms with Gasteiger partial charge in [0, 0.05) is 31.4 Å². The maximum absolute atomic E-state index is 12.2. The van der Waals surface area contributed by atoms with Gasteiger partial charge in [-0.05, 0) is 37.3 Å². The summed E-state index contributed by atoms with van der Waals surface area (Å²) in [7, 11) is 0. The van der Waals surface area contributed by atoms with Crippen LogP contribution in [-0.4, -0.2) is 33.3 Å². The zero-order chi connectivity index (χ0) is 20.1. The van der Waals surface area contributed by atoms with Crippen molar-refractivity contribution in [3.05, 3.63) is 42.9 Å². The number of aromatic nitrogens is 3. The minimum atomic E-state index is -4.73. The molecule has 0 unspecified atom stereocenters. The standard InChI is InChI=1S/C18H18F3N5O2/c1-2-22-15(27)8-10-26-9-7-14-16(23-11-24-17(14)26)25-12-3-5-13(6-4-12)28-18(19,20)21/h3-7,9,11H,2,8,10H2,1H3,(H,22,27)(H,23,24,25). The zero-order valence-corrected chi connectivity index (χ0v) is 15.0. The molecule has 3 aromatic rings. The third-order valence-corrected chi connectivity index (χ3v) is 3.86. The Morgan fingerprint density at radius 2 is 1.93 bits per heavy atom. The smallest absolute Gasteiger partial charge is 0.406 e. The predicted octanol–water partition coefficient (Wildman–Crippen LogP) is 3.60. The van der Waals surface area contributed by atoms with E-state index in [1.807, 2.05) is 23.8 Å². The van der Waals surface area contributed by atoms with Crippen molar-refractivity contribution in [1.82, 2.24) is 19.9 Å². The molecule has 0 radical (unpaired) electrons. The van der Waals surface area contributed by atoms with Crippen LogP contribution in [-0.2, 0) is 11.3 Å². The first kappa shape index (κ1) is 19.5. The monoisotopic (exact) mass is 393 g/mol. The van der Waals surface area contributed by atoms with E-state index in [2.05, 4.69) is 25.3 Å². The Labute approximate surface area is 158 Å². The Bertz CT molecular complexity index is 954. The molecule has 148 valence electrons. The van der Waals surface area contributed by atoms with E-state index in [0.29, 0.717) is 36.7 Å².